The van der Waals surface area contributed by atoms with Gasteiger partial charge in [-0.3, -0.25) is 4.79 Å². The van der Waals surface area contributed by atoms with Crippen LogP contribution in [0.25, 0.3) is 10.2 Å². The summed E-state index contributed by atoms with van der Waals surface area (Å²) in [5, 5.41) is 3.65. The van der Waals surface area contributed by atoms with Gasteiger partial charge in [-0.05, 0) is 43.3 Å². The Kier molecular flexibility index (Phi) is 5.40. The van der Waals surface area contributed by atoms with E-state index in [2.05, 4.69) is 10.3 Å². The maximum Gasteiger partial charge on any atom is 0.250 e. The monoisotopic (exact) mass is 342 g/mol. The summed E-state index contributed by atoms with van der Waals surface area (Å²) in [5.74, 6) is 0.586. The van der Waals surface area contributed by atoms with Crippen molar-refractivity contribution in [1.29, 1.82) is 0 Å². The van der Waals surface area contributed by atoms with Crippen molar-refractivity contribution < 1.29 is 14.3 Å². The molecule has 0 unspecified atom stereocenters. The lowest BCUT2D eigenvalue weighted by molar-refractivity contribution is -0.121. The van der Waals surface area contributed by atoms with E-state index in [9.17, 15) is 4.79 Å². The SMILES string of the molecule is CCOc1ccc(NC(=O)COCc2nc3ccccc3s2)cc1. The average molecular weight is 342 g/mol. The summed E-state index contributed by atoms with van der Waals surface area (Å²) in [5.41, 5.74) is 1.67. The first kappa shape index (κ1) is 16.4. The number of ether oxygens (including phenoxy) is 2. The lowest BCUT2D eigenvalue weighted by Crippen LogP contribution is -2.18. The van der Waals surface area contributed by atoms with Gasteiger partial charge in [0, 0.05) is 5.69 Å². The molecule has 0 saturated heterocycles. The summed E-state index contributed by atoms with van der Waals surface area (Å²) < 4.78 is 11.9. The van der Waals surface area contributed by atoms with Crippen LogP contribution >= 0.6 is 11.3 Å². The van der Waals surface area contributed by atoms with Gasteiger partial charge in [0.2, 0.25) is 5.91 Å². The Bertz CT molecular complexity index is 782. The molecule has 3 aromatic rings. The van der Waals surface area contributed by atoms with Crippen LogP contribution in [0, 0.1) is 0 Å². The zero-order valence-electron chi connectivity index (χ0n) is 13.3. The lowest BCUT2D eigenvalue weighted by Gasteiger charge is -2.07. The van der Waals surface area contributed by atoms with Crippen molar-refractivity contribution >= 4 is 33.1 Å². The number of para-hydroxylation sites is 1. The topological polar surface area (TPSA) is 60.5 Å². The number of nitrogens with one attached hydrogen (secondary N) is 1. The van der Waals surface area contributed by atoms with Gasteiger partial charge < -0.3 is 14.8 Å². The van der Waals surface area contributed by atoms with Crippen molar-refractivity contribution in [3.63, 3.8) is 0 Å². The molecule has 3 rings (SSSR count). The Morgan fingerprint density at radius 2 is 1.96 bits per heavy atom. The Morgan fingerprint density at radius 1 is 1.17 bits per heavy atom. The molecule has 2 aromatic carbocycles. The van der Waals surface area contributed by atoms with Crippen molar-refractivity contribution in [2.24, 2.45) is 0 Å². The largest absolute Gasteiger partial charge is 0.494 e. The van der Waals surface area contributed by atoms with Gasteiger partial charge in [0.1, 0.15) is 17.4 Å². The fourth-order valence-corrected chi connectivity index (χ4v) is 3.12. The highest BCUT2D eigenvalue weighted by atomic mass is 32.1. The average Bonchev–Trinajstić information content (AvgIpc) is 2.99. The number of benzene rings is 2. The minimum Gasteiger partial charge on any atom is -0.494 e. The van der Waals surface area contributed by atoms with Crippen molar-refractivity contribution in [1.82, 2.24) is 4.98 Å². The molecular formula is C18H18N2O3S. The van der Waals surface area contributed by atoms with E-state index in [-0.39, 0.29) is 12.5 Å². The number of hydrogen-bond donors (Lipinski definition) is 1. The molecule has 24 heavy (non-hydrogen) atoms. The molecule has 6 heteroatoms. The molecule has 0 spiro atoms. The molecule has 0 radical (unpaired) electrons. The number of aromatic nitrogens is 1. The third kappa shape index (κ3) is 4.31. The fourth-order valence-electron chi connectivity index (χ4n) is 2.21. The van der Waals surface area contributed by atoms with Crippen LogP contribution in [-0.2, 0) is 16.1 Å². The summed E-state index contributed by atoms with van der Waals surface area (Å²) >= 11 is 1.58. The Labute approximate surface area is 144 Å². The number of rotatable bonds is 7. The maximum absolute atomic E-state index is 11.9. The van der Waals surface area contributed by atoms with Crippen LogP contribution in [0.4, 0.5) is 5.69 Å². The fraction of sp³-hybridized carbons (Fsp3) is 0.222. The summed E-state index contributed by atoms with van der Waals surface area (Å²) in [6.45, 7) is 2.86. The third-order valence-corrected chi connectivity index (χ3v) is 4.26. The standard InChI is InChI=1S/C18H18N2O3S/c1-2-23-14-9-7-13(8-10-14)19-17(21)11-22-12-18-20-15-5-3-4-6-16(15)24-18/h3-10H,2,11-12H2,1H3,(H,19,21). The predicted molar refractivity (Wildman–Crippen MR) is 95.5 cm³/mol. The molecule has 0 aliphatic rings. The first-order valence-electron chi connectivity index (χ1n) is 7.69. The zero-order chi connectivity index (χ0) is 16.8. The molecule has 1 N–H and O–H groups in total. The van der Waals surface area contributed by atoms with Gasteiger partial charge in [-0.25, -0.2) is 4.98 Å². The predicted octanol–water partition coefficient (Wildman–Crippen LogP) is 3.85. The number of fused-ring (bicyclic) bond motifs is 1. The third-order valence-electron chi connectivity index (χ3n) is 3.25. The second-order valence-electron chi connectivity index (χ2n) is 5.07. The van der Waals surface area contributed by atoms with E-state index in [4.69, 9.17) is 9.47 Å². The van der Waals surface area contributed by atoms with E-state index < -0.39 is 0 Å². The van der Waals surface area contributed by atoms with Crippen LogP contribution in [0.1, 0.15) is 11.9 Å². The molecule has 0 aliphatic carbocycles. The van der Waals surface area contributed by atoms with Crippen LogP contribution < -0.4 is 10.1 Å². The van der Waals surface area contributed by atoms with Gasteiger partial charge in [-0.2, -0.15) is 0 Å². The number of hydrogen-bond acceptors (Lipinski definition) is 5. The quantitative estimate of drug-likeness (QED) is 0.708. The van der Waals surface area contributed by atoms with Gasteiger partial charge in [0.05, 0.1) is 23.4 Å². The van der Waals surface area contributed by atoms with Crippen LogP contribution in [-0.4, -0.2) is 24.1 Å². The van der Waals surface area contributed by atoms with Gasteiger partial charge in [0.25, 0.3) is 0 Å². The van der Waals surface area contributed by atoms with E-state index in [1.54, 1.807) is 23.5 Å². The molecule has 0 atom stereocenters. The van der Waals surface area contributed by atoms with Crippen LogP contribution in [0.2, 0.25) is 0 Å². The van der Waals surface area contributed by atoms with E-state index >= 15 is 0 Å². The zero-order valence-corrected chi connectivity index (χ0v) is 14.1. The number of nitrogens with zero attached hydrogens (tertiary/aromatic N) is 1. The molecule has 0 fully saturated rings. The Balaban J connectivity index is 1.46. The number of carbonyl (C=O) groups is 1. The molecule has 0 bridgehead atoms. The summed E-state index contributed by atoms with van der Waals surface area (Å²) in [6, 6.07) is 15.2. The summed E-state index contributed by atoms with van der Waals surface area (Å²) in [4.78, 5) is 16.4. The first-order valence-corrected chi connectivity index (χ1v) is 8.51. The number of anilines is 1. The molecule has 1 amide bonds. The summed E-state index contributed by atoms with van der Waals surface area (Å²) in [7, 11) is 0. The van der Waals surface area contributed by atoms with Crippen LogP contribution in [0.15, 0.2) is 48.5 Å². The van der Waals surface area contributed by atoms with Gasteiger partial charge in [-0.15, -0.1) is 11.3 Å². The number of carbonyl (C=O) groups excluding carboxylic acids is 1. The van der Waals surface area contributed by atoms with E-state index in [0.29, 0.717) is 18.9 Å². The summed E-state index contributed by atoms with van der Waals surface area (Å²) in [6.07, 6.45) is 0. The first-order chi connectivity index (χ1) is 11.7. The van der Waals surface area contributed by atoms with E-state index in [1.165, 1.54) is 0 Å². The second kappa shape index (κ2) is 7.90. The highest BCUT2D eigenvalue weighted by molar-refractivity contribution is 7.18. The normalized spacial score (nSPS) is 10.7. The van der Waals surface area contributed by atoms with Crippen molar-refractivity contribution in [2.75, 3.05) is 18.5 Å². The second-order valence-corrected chi connectivity index (χ2v) is 6.19. The highest BCUT2D eigenvalue weighted by Gasteiger charge is 2.06. The Hall–Kier alpha value is -2.44. The molecule has 0 saturated carbocycles. The molecule has 5 nitrogen and oxygen atoms in total. The minimum absolute atomic E-state index is 0.0108. The molecule has 124 valence electrons. The molecule has 0 aliphatic heterocycles. The minimum atomic E-state index is -0.194. The van der Waals surface area contributed by atoms with Crippen molar-refractivity contribution in [3.8, 4) is 5.75 Å². The van der Waals surface area contributed by atoms with Crippen molar-refractivity contribution in [2.45, 2.75) is 13.5 Å². The maximum atomic E-state index is 11.9. The van der Waals surface area contributed by atoms with E-state index in [0.717, 1.165) is 21.0 Å². The van der Waals surface area contributed by atoms with Crippen molar-refractivity contribution in [3.05, 3.63) is 53.5 Å². The van der Waals surface area contributed by atoms with Gasteiger partial charge in [-0.1, -0.05) is 12.1 Å². The molecular weight excluding hydrogens is 324 g/mol. The van der Waals surface area contributed by atoms with Gasteiger partial charge >= 0.3 is 0 Å². The van der Waals surface area contributed by atoms with Crippen LogP contribution in [0.3, 0.4) is 0 Å². The number of amides is 1. The van der Waals surface area contributed by atoms with E-state index in [1.807, 2.05) is 43.3 Å². The Morgan fingerprint density at radius 3 is 2.71 bits per heavy atom. The molecule has 1 heterocycles. The highest BCUT2D eigenvalue weighted by Crippen LogP contribution is 2.22. The lowest BCUT2D eigenvalue weighted by atomic mass is 10.3. The molecule has 1 aromatic heterocycles. The number of thiazole rings is 1. The smallest absolute Gasteiger partial charge is 0.250 e. The van der Waals surface area contributed by atoms with Gasteiger partial charge in [0.15, 0.2) is 0 Å². The van der Waals surface area contributed by atoms with Crippen LogP contribution in [0.5, 0.6) is 5.75 Å².